The van der Waals surface area contributed by atoms with Gasteiger partial charge in [0.05, 0.1) is 0 Å². The molecule has 11 heteroatoms. The van der Waals surface area contributed by atoms with Crippen LogP contribution < -0.4 is 11.2 Å². The van der Waals surface area contributed by atoms with Crippen LogP contribution in [0.15, 0.2) is 33.7 Å². The van der Waals surface area contributed by atoms with E-state index in [4.69, 9.17) is 14.5 Å². The van der Waals surface area contributed by atoms with E-state index >= 15 is 0 Å². The fourth-order valence-electron chi connectivity index (χ4n) is 1.87. The van der Waals surface area contributed by atoms with Crippen LogP contribution in [0.2, 0.25) is 0 Å². The number of ether oxygens (including phenoxy) is 1. The van der Waals surface area contributed by atoms with Gasteiger partial charge in [0.25, 0.3) is 5.56 Å². The van der Waals surface area contributed by atoms with Crippen molar-refractivity contribution in [3.63, 3.8) is 0 Å². The van der Waals surface area contributed by atoms with Gasteiger partial charge in [0, 0.05) is 18.1 Å². The summed E-state index contributed by atoms with van der Waals surface area (Å²) in [4.78, 5) is 41.7. The van der Waals surface area contributed by atoms with Gasteiger partial charge in [-0.3, -0.25) is 18.9 Å². The van der Waals surface area contributed by atoms with E-state index in [0.29, 0.717) is 5.82 Å². The van der Waals surface area contributed by atoms with E-state index in [2.05, 4.69) is 0 Å². The second-order valence-corrected chi connectivity index (χ2v) is 5.85. The van der Waals surface area contributed by atoms with Gasteiger partial charge >= 0.3 is 13.3 Å². The summed E-state index contributed by atoms with van der Waals surface area (Å²) in [6.45, 7) is 0. The van der Waals surface area contributed by atoms with Gasteiger partial charge in [-0.25, -0.2) is 9.18 Å². The zero-order valence-electron chi connectivity index (χ0n) is 10.4. The molecule has 0 amide bonds. The summed E-state index contributed by atoms with van der Waals surface area (Å²) in [7, 11) is -4.48. The molecule has 2 rings (SSSR count). The van der Waals surface area contributed by atoms with Gasteiger partial charge in [0.15, 0.2) is 12.4 Å². The minimum absolute atomic E-state index is 0.478. The smallest absolute Gasteiger partial charge is 0.348 e. The summed E-state index contributed by atoms with van der Waals surface area (Å²) in [6, 6.07) is 0.975. The highest BCUT2D eigenvalue weighted by atomic mass is 31.2. The highest BCUT2D eigenvalue weighted by Gasteiger charge is 2.44. The molecule has 9 nitrogen and oxygen atoms in total. The molecule has 4 atom stereocenters. The standard InChI is InChI=1S/C10H12FN2O7P/c11-7-8(15)5(2-4-21(17,18)19)20-9(7)13-3-1-6(14)12-10(13)16/h1-5,7-9,15H,(H,12,14,16)(H2,17,18,19). The number of aliphatic hydroxyl groups is 1. The van der Waals surface area contributed by atoms with Crippen LogP contribution in [0.3, 0.4) is 0 Å². The molecule has 1 fully saturated rings. The lowest BCUT2D eigenvalue weighted by Crippen LogP contribution is -2.35. The number of aromatic amines is 1. The Hall–Kier alpha value is -1.58. The fourth-order valence-corrected chi connectivity index (χ4v) is 2.26. The molecule has 4 unspecified atom stereocenters. The quantitative estimate of drug-likeness (QED) is 0.513. The first-order chi connectivity index (χ1) is 9.69. The number of halogens is 1. The minimum atomic E-state index is -4.48. The van der Waals surface area contributed by atoms with E-state index in [1.54, 1.807) is 0 Å². The molecule has 0 spiro atoms. The van der Waals surface area contributed by atoms with Crippen molar-refractivity contribution in [2.75, 3.05) is 0 Å². The molecule has 4 N–H and O–H groups in total. The maximum Gasteiger partial charge on any atom is 0.348 e. The molecule has 1 saturated heterocycles. The highest BCUT2D eigenvalue weighted by molar-refractivity contribution is 7.55. The SMILES string of the molecule is O=c1ccn(C2OC(C=CP(=O)(O)O)C(O)C2F)c(=O)[nH]1. The first kappa shape index (κ1) is 15.8. The average molecular weight is 322 g/mol. The second kappa shape index (κ2) is 5.66. The number of hydrogen-bond donors (Lipinski definition) is 4. The van der Waals surface area contributed by atoms with Crippen molar-refractivity contribution in [2.45, 2.75) is 24.6 Å². The number of hydrogen-bond acceptors (Lipinski definition) is 5. The monoisotopic (exact) mass is 322 g/mol. The van der Waals surface area contributed by atoms with Crippen LogP contribution in [-0.2, 0) is 9.30 Å². The molecular weight excluding hydrogens is 310 g/mol. The Morgan fingerprint density at radius 3 is 2.67 bits per heavy atom. The van der Waals surface area contributed by atoms with Crippen molar-refractivity contribution in [1.29, 1.82) is 0 Å². The van der Waals surface area contributed by atoms with Crippen LogP contribution in [0, 0.1) is 0 Å². The third kappa shape index (κ3) is 3.55. The van der Waals surface area contributed by atoms with E-state index in [1.165, 1.54) is 0 Å². The van der Waals surface area contributed by atoms with Gasteiger partial charge in [0.2, 0.25) is 0 Å². The maximum absolute atomic E-state index is 14.0. The summed E-state index contributed by atoms with van der Waals surface area (Å²) >= 11 is 0. The number of nitrogens with zero attached hydrogens (tertiary/aromatic N) is 1. The number of alkyl halides is 1. The van der Waals surface area contributed by atoms with Gasteiger partial charge in [-0.15, -0.1) is 0 Å². The van der Waals surface area contributed by atoms with Gasteiger partial charge in [-0.1, -0.05) is 0 Å². The van der Waals surface area contributed by atoms with Gasteiger partial charge in [0.1, 0.15) is 12.2 Å². The molecule has 0 saturated carbocycles. The molecule has 1 aliphatic heterocycles. The average Bonchev–Trinajstić information content (AvgIpc) is 2.64. The third-order valence-corrected chi connectivity index (χ3v) is 3.39. The van der Waals surface area contributed by atoms with E-state index in [9.17, 15) is 23.7 Å². The van der Waals surface area contributed by atoms with Crippen LogP contribution in [0.4, 0.5) is 4.39 Å². The van der Waals surface area contributed by atoms with Gasteiger partial charge in [-0.05, 0) is 6.08 Å². The Kier molecular flexibility index (Phi) is 4.26. The largest absolute Gasteiger partial charge is 0.387 e. The van der Waals surface area contributed by atoms with Crippen molar-refractivity contribution in [2.24, 2.45) is 0 Å². The van der Waals surface area contributed by atoms with Crippen LogP contribution in [0.1, 0.15) is 6.23 Å². The van der Waals surface area contributed by atoms with Crippen LogP contribution in [-0.4, -0.2) is 42.8 Å². The molecule has 1 aromatic heterocycles. The molecule has 0 aliphatic carbocycles. The van der Waals surface area contributed by atoms with Crippen molar-refractivity contribution < 1.29 is 28.6 Å². The Morgan fingerprint density at radius 1 is 1.43 bits per heavy atom. The lowest BCUT2D eigenvalue weighted by atomic mass is 10.1. The molecule has 0 aromatic carbocycles. The molecule has 2 heterocycles. The lowest BCUT2D eigenvalue weighted by molar-refractivity contribution is -0.00698. The summed E-state index contributed by atoms with van der Waals surface area (Å²) < 4.78 is 30.5. The first-order valence-corrected chi connectivity index (χ1v) is 7.41. The molecule has 0 bridgehead atoms. The molecule has 1 aromatic rings. The lowest BCUT2D eigenvalue weighted by Gasteiger charge is -2.14. The summed E-state index contributed by atoms with van der Waals surface area (Å²) in [5.74, 6) is 0.478. The van der Waals surface area contributed by atoms with Gasteiger partial charge in [-0.2, -0.15) is 0 Å². The number of aromatic nitrogens is 2. The molecule has 21 heavy (non-hydrogen) atoms. The van der Waals surface area contributed by atoms with E-state index in [1.807, 2.05) is 4.98 Å². The van der Waals surface area contributed by atoms with Crippen molar-refractivity contribution in [1.82, 2.24) is 9.55 Å². The normalized spacial score (nSPS) is 30.1. The molecule has 116 valence electrons. The zero-order valence-corrected chi connectivity index (χ0v) is 11.3. The molecule has 0 radical (unpaired) electrons. The van der Waals surface area contributed by atoms with E-state index < -0.39 is 43.5 Å². The maximum atomic E-state index is 14.0. The summed E-state index contributed by atoms with van der Waals surface area (Å²) in [5, 5.41) is 9.64. The molecule has 1 aliphatic rings. The predicted octanol–water partition coefficient (Wildman–Crippen LogP) is -1.18. The topological polar surface area (TPSA) is 142 Å². The summed E-state index contributed by atoms with van der Waals surface area (Å²) in [6.07, 6.45) is -4.75. The van der Waals surface area contributed by atoms with E-state index in [0.717, 1.165) is 22.9 Å². The van der Waals surface area contributed by atoms with Crippen molar-refractivity contribution in [3.05, 3.63) is 45.0 Å². The number of H-pyrrole nitrogens is 1. The number of nitrogens with one attached hydrogen (secondary N) is 1. The van der Waals surface area contributed by atoms with Crippen LogP contribution in [0.25, 0.3) is 0 Å². The van der Waals surface area contributed by atoms with Gasteiger partial charge < -0.3 is 19.6 Å². The van der Waals surface area contributed by atoms with E-state index in [-0.39, 0.29) is 0 Å². The fraction of sp³-hybridized carbons (Fsp3) is 0.400. The highest BCUT2D eigenvalue weighted by Crippen LogP contribution is 2.38. The summed E-state index contributed by atoms with van der Waals surface area (Å²) in [5.41, 5.74) is -1.61. The Balaban J connectivity index is 2.28. The number of rotatable bonds is 3. The Labute approximate surface area is 116 Å². The van der Waals surface area contributed by atoms with Crippen LogP contribution >= 0.6 is 7.60 Å². The third-order valence-electron chi connectivity index (χ3n) is 2.83. The Morgan fingerprint density at radius 2 is 2.10 bits per heavy atom. The number of aliphatic hydroxyl groups excluding tert-OH is 1. The first-order valence-electron chi connectivity index (χ1n) is 5.73. The Bertz CT molecular complexity index is 708. The van der Waals surface area contributed by atoms with Crippen molar-refractivity contribution >= 4 is 7.60 Å². The van der Waals surface area contributed by atoms with Crippen molar-refractivity contribution in [3.8, 4) is 0 Å². The minimum Gasteiger partial charge on any atom is -0.387 e. The van der Waals surface area contributed by atoms with Crippen LogP contribution in [0.5, 0.6) is 0 Å². The molecular formula is C10H12FN2O7P. The zero-order chi connectivity index (χ0) is 15.8. The predicted molar refractivity (Wildman–Crippen MR) is 67.3 cm³/mol. The second-order valence-electron chi connectivity index (χ2n) is 4.37.